The van der Waals surface area contributed by atoms with Gasteiger partial charge in [0.1, 0.15) is 17.6 Å². The number of aromatic nitrogens is 2. The highest BCUT2D eigenvalue weighted by atomic mass is 35.5. The van der Waals surface area contributed by atoms with Gasteiger partial charge in [0, 0.05) is 16.9 Å². The van der Waals surface area contributed by atoms with Crippen molar-refractivity contribution in [3.8, 4) is 5.75 Å². The molecule has 1 saturated heterocycles. The van der Waals surface area contributed by atoms with E-state index in [-0.39, 0.29) is 29.2 Å². The second kappa shape index (κ2) is 13.1. The highest BCUT2D eigenvalue weighted by molar-refractivity contribution is 7.81. The number of nitrogens with one attached hydrogen (secondary N) is 1. The minimum absolute atomic E-state index is 0.152. The van der Waals surface area contributed by atoms with Gasteiger partial charge in [-0.1, -0.05) is 37.1 Å². The molecule has 3 aromatic carbocycles. The minimum atomic E-state index is -0.909. The van der Waals surface area contributed by atoms with Gasteiger partial charge in [-0.15, -0.1) is 0 Å². The van der Waals surface area contributed by atoms with Crippen molar-refractivity contribution < 1.29 is 18.7 Å². The van der Waals surface area contributed by atoms with Crippen molar-refractivity contribution in [2.45, 2.75) is 38.8 Å². The second-order valence-electron chi connectivity index (χ2n) is 9.82. The third-order valence-electron chi connectivity index (χ3n) is 6.74. The van der Waals surface area contributed by atoms with Gasteiger partial charge < -0.3 is 15.0 Å². The van der Waals surface area contributed by atoms with Crippen LogP contribution in [0.3, 0.4) is 0 Å². The maximum Gasteiger partial charge on any atom is 0.257 e. The van der Waals surface area contributed by atoms with Crippen LogP contribution in [0.5, 0.6) is 5.75 Å². The lowest BCUT2D eigenvalue weighted by atomic mass is 10.1. The van der Waals surface area contributed by atoms with Crippen LogP contribution < -0.4 is 19.9 Å². The first-order valence-electron chi connectivity index (χ1n) is 13.5. The van der Waals surface area contributed by atoms with E-state index in [1.54, 1.807) is 82.6 Å². The number of carbonyl (C=O) groups excluding carboxylic acids is 2. The Labute approximate surface area is 253 Å². The van der Waals surface area contributed by atoms with Crippen LogP contribution in [0.1, 0.15) is 31.7 Å². The summed E-state index contributed by atoms with van der Waals surface area (Å²) >= 11 is 11.9. The van der Waals surface area contributed by atoms with Gasteiger partial charge in [0.25, 0.3) is 5.91 Å². The van der Waals surface area contributed by atoms with E-state index in [4.69, 9.17) is 28.6 Å². The lowest BCUT2D eigenvalue weighted by Gasteiger charge is -2.22. The molecule has 1 aliphatic heterocycles. The quantitative estimate of drug-likeness (QED) is 0.157. The summed E-state index contributed by atoms with van der Waals surface area (Å²) in [5.41, 5.74) is 2.54. The molecular weight excluding hydrogens is 577 g/mol. The molecule has 2 heterocycles. The molecule has 4 aromatic rings. The molecule has 11 heteroatoms. The lowest BCUT2D eigenvalue weighted by Crippen LogP contribution is -2.37. The first-order valence-corrected chi connectivity index (χ1v) is 14.3. The smallest absolute Gasteiger partial charge is 0.257 e. The first kappa shape index (κ1) is 29.2. The normalized spacial score (nSPS) is 14.9. The number of benzene rings is 3. The Kier molecular flexibility index (Phi) is 9.14. The van der Waals surface area contributed by atoms with E-state index >= 15 is 0 Å². The Morgan fingerprint density at radius 3 is 2.45 bits per heavy atom. The van der Waals surface area contributed by atoms with Gasteiger partial charge in [-0.3, -0.25) is 19.2 Å². The zero-order chi connectivity index (χ0) is 29.6. The van der Waals surface area contributed by atoms with Gasteiger partial charge in [-0.05, 0) is 84.9 Å². The fourth-order valence-electron chi connectivity index (χ4n) is 4.59. The fourth-order valence-corrected chi connectivity index (χ4v) is 5.14. The standard InChI is InChI=1S/C31H29ClFN5O3S/c1-2-3-16-41-27-14-10-24(11-15-27)35-29(39)17-28-30(40)38(25-12-6-22(32)7-13-25)31(42)37(28)26-18-34-36(20-26)19-21-4-8-23(33)9-5-21/h4-15,18,20,28H,2-3,16-17,19H2,1H3,(H,35,39). The van der Waals surface area contributed by atoms with Gasteiger partial charge in [0.15, 0.2) is 5.11 Å². The maximum atomic E-state index is 13.8. The van der Waals surface area contributed by atoms with Gasteiger partial charge >= 0.3 is 0 Å². The van der Waals surface area contributed by atoms with Crippen LogP contribution >= 0.6 is 23.8 Å². The number of unbranched alkanes of at least 4 members (excludes halogenated alkanes) is 1. The zero-order valence-electron chi connectivity index (χ0n) is 22.9. The first-order chi connectivity index (χ1) is 20.3. The Bertz CT molecular complexity index is 1560. The number of hydrogen-bond donors (Lipinski definition) is 1. The molecule has 1 unspecified atom stereocenters. The van der Waals surface area contributed by atoms with Gasteiger partial charge in [0.05, 0.1) is 37.1 Å². The number of halogens is 2. The van der Waals surface area contributed by atoms with Crippen molar-refractivity contribution >= 4 is 57.8 Å². The molecule has 0 saturated carbocycles. The molecule has 1 aliphatic rings. The molecule has 8 nitrogen and oxygen atoms in total. The van der Waals surface area contributed by atoms with Gasteiger partial charge in [-0.2, -0.15) is 5.10 Å². The van der Waals surface area contributed by atoms with Crippen LogP contribution in [0.25, 0.3) is 0 Å². The summed E-state index contributed by atoms with van der Waals surface area (Å²) < 4.78 is 20.7. The molecule has 0 bridgehead atoms. The Hall–Kier alpha value is -4.28. The molecular formula is C31H29ClFN5O3S. The third-order valence-corrected chi connectivity index (χ3v) is 7.37. The molecule has 5 rings (SSSR count). The van der Waals surface area contributed by atoms with E-state index in [1.165, 1.54) is 17.0 Å². The SMILES string of the molecule is CCCCOc1ccc(NC(=O)CC2C(=O)N(c3ccc(Cl)cc3)C(=S)N2c2cnn(Cc3ccc(F)cc3)c2)cc1. The fraction of sp³-hybridized carbons (Fsp3) is 0.226. The number of nitrogens with zero attached hydrogens (tertiary/aromatic N) is 4. The summed E-state index contributed by atoms with van der Waals surface area (Å²) in [5, 5.41) is 8.04. The molecule has 0 radical (unpaired) electrons. The van der Waals surface area contributed by atoms with E-state index in [0.717, 1.165) is 24.2 Å². The molecule has 1 fully saturated rings. The van der Waals surface area contributed by atoms with Crippen LogP contribution in [0.4, 0.5) is 21.5 Å². The number of rotatable bonds is 11. The number of anilines is 3. The van der Waals surface area contributed by atoms with Crippen molar-refractivity contribution in [1.82, 2.24) is 9.78 Å². The van der Waals surface area contributed by atoms with Crippen LogP contribution in [-0.4, -0.2) is 39.4 Å². The van der Waals surface area contributed by atoms with Gasteiger partial charge in [-0.25, -0.2) is 4.39 Å². The summed E-state index contributed by atoms with van der Waals surface area (Å²) in [6, 6.07) is 19.1. The zero-order valence-corrected chi connectivity index (χ0v) is 24.4. The van der Waals surface area contributed by atoms with Crippen LogP contribution in [0, 0.1) is 5.82 Å². The van der Waals surface area contributed by atoms with E-state index in [2.05, 4.69) is 17.3 Å². The molecule has 1 N–H and O–H groups in total. The number of thiocarbonyl (C=S) groups is 1. The van der Waals surface area contributed by atoms with Crippen molar-refractivity contribution in [2.24, 2.45) is 0 Å². The summed E-state index contributed by atoms with van der Waals surface area (Å²) in [6.07, 6.45) is 5.19. The summed E-state index contributed by atoms with van der Waals surface area (Å²) in [6.45, 7) is 3.12. The van der Waals surface area contributed by atoms with Crippen molar-refractivity contribution in [2.75, 3.05) is 21.7 Å². The molecule has 0 aliphatic carbocycles. The highest BCUT2D eigenvalue weighted by Gasteiger charge is 2.45. The van der Waals surface area contributed by atoms with Crippen LogP contribution in [0.15, 0.2) is 85.2 Å². The Morgan fingerprint density at radius 1 is 1.05 bits per heavy atom. The predicted octanol–water partition coefficient (Wildman–Crippen LogP) is 6.44. The number of carbonyl (C=O) groups is 2. The van der Waals surface area contributed by atoms with Gasteiger partial charge in [0.2, 0.25) is 5.91 Å². The third kappa shape index (κ3) is 6.78. The largest absolute Gasteiger partial charge is 0.494 e. The van der Waals surface area contributed by atoms with Crippen LogP contribution in [-0.2, 0) is 16.1 Å². The Morgan fingerprint density at radius 2 is 1.76 bits per heavy atom. The number of ether oxygens (including phenoxy) is 1. The topological polar surface area (TPSA) is 79.7 Å². The van der Waals surface area contributed by atoms with E-state index < -0.39 is 6.04 Å². The summed E-state index contributed by atoms with van der Waals surface area (Å²) in [4.78, 5) is 30.0. The molecule has 2 amide bonds. The molecule has 0 spiro atoms. The van der Waals surface area contributed by atoms with E-state index in [0.29, 0.717) is 35.2 Å². The minimum Gasteiger partial charge on any atom is -0.494 e. The predicted molar refractivity (Wildman–Crippen MR) is 166 cm³/mol. The van der Waals surface area contributed by atoms with Crippen molar-refractivity contribution in [3.05, 3.63) is 102 Å². The molecule has 1 aromatic heterocycles. The highest BCUT2D eigenvalue weighted by Crippen LogP contribution is 2.32. The van der Waals surface area contributed by atoms with E-state index in [1.807, 2.05) is 0 Å². The Balaban J connectivity index is 1.36. The second-order valence-corrected chi connectivity index (χ2v) is 10.6. The van der Waals surface area contributed by atoms with E-state index in [9.17, 15) is 14.0 Å². The van der Waals surface area contributed by atoms with Crippen molar-refractivity contribution in [3.63, 3.8) is 0 Å². The monoisotopic (exact) mass is 605 g/mol. The molecule has 42 heavy (non-hydrogen) atoms. The molecule has 216 valence electrons. The van der Waals surface area contributed by atoms with Crippen LogP contribution in [0.2, 0.25) is 5.02 Å². The lowest BCUT2D eigenvalue weighted by molar-refractivity contribution is -0.122. The average molecular weight is 606 g/mol. The number of hydrogen-bond acceptors (Lipinski definition) is 5. The maximum absolute atomic E-state index is 13.8. The number of amides is 2. The summed E-state index contributed by atoms with van der Waals surface area (Å²) in [5.74, 6) is -0.290. The molecule has 1 atom stereocenters. The summed E-state index contributed by atoms with van der Waals surface area (Å²) in [7, 11) is 0. The van der Waals surface area contributed by atoms with Crippen molar-refractivity contribution in [1.29, 1.82) is 0 Å². The average Bonchev–Trinajstić information content (AvgIpc) is 3.52.